The van der Waals surface area contributed by atoms with E-state index in [0.29, 0.717) is 0 Å². The van der Waals surface area contributed by atoms with Crippen molar-refractivity contribution >= 4 is 5.71 Å². The van der Waals surface area contributed by atoms with E-state index in [4.69, 9.17) is 0 Å². The second kappa shape index (κ2) is 3.72. The quantitative estimate of drug-likeness (QED) is 0.565. The molecule has 1 aliphatic carbocycles. The van der Waals surface area contributed by atoms with Crippen LogP contribution in [0.15, 0.2) is 54.3 Å². The minimum Gasteiger partial charge on any atom is -0.276 e. The summed E-state index contributed by atoms with van der Waals surface area (Å²) in [6.07, 6.45) is 9.37. The van der Waals surface area contributed by atoms with E-state index in [-0.39, 0.29) is 0 Å². The summed E-state index contributed by atoms with van der Waals surface area (Å²) >= 11 is 0. The smallest absolute Gasteiger partial charge is 0.0901 e. The number of hydrogen-bond donors (Lipinski definition) is 0. The van der Waals surface area contributed by atoms with Gasteiger partial charge in [0.05, 0.1) is 5.71 Å². The lowest BCUT2D eigenvalue weighted by molar-refractivity contribution is 0.493. The molecule has 0 saturated heterocycles. The summed E-state index contributed by atoms with van der Waals surface area (Å²) in [5.41, 5.74) is 1.80. The molecule has 0 aliphatic heterocycles. The zero-order valence-electron chi connectivity index (χ0n) is 7.20. The van der Waals surface area contributed by atoms with Crippen LogP contribution in [0.3, 0.4) is 0 Å². The van der Waals surface area contributed by atoms with Gasteiger partial charge in [-0.2, -0.15) is 5.10 Å². The molecule has 0 atom stereocenters. The average molecular weight is 160 g/mol. The monoisotopic (exact) mass is 160 g/mol. The normalized spacial score (nSPS) is 18.4. The molecule has 2 nitrogen and oxygen atoms in total. The molecule has 62 valence electrons. The molecule has 12 heavy (non-hydrogen) atoms. The molecule has 0 aromatic carbocycles. The zero-order valence-corrected chi connectivity index (χ0v) is 7.20. The molecule has 0 fully saturated rings. The van der Waals surface area contributed by atoms with Crippen LogP contribution < -0.4 is 0 Å². The van der Waals surface area contributed by atoms with Crippen molar-refractivity contribution in [2.75, 3.05) is 7.05 Å². The van der Waals surface area contributed by atoms with Crippen LogP contribution >= 0.6 is 0 Å². The van der Waals surface area contributed by atoms with Gasteiger partial charge in [-0.25, -0.2) is 0 Å². The summed E-state index contributed by atoms with van der Waals surface area (Å²) in [5, 5.41) is 5.89. The highest BCUT2D eigenvalue weighted by Crippen LogP contribution is 2.06. The Kier molecular flexibility index (Phi) is 2.64. The van der Waals surface area contributed by atoms with Crippen molar-refractivity contribution in [1.82, 2.24) is 5.01 Å². The second-order valence-corrected chi connectivity index (χ2v) is 2.48. The molecule has 0 aromatic heterocycles. The largest absolute Gasteiger partial charge is 0.276 e. The van der Waals surface area contributed by atoms with Gasteiger partial charge in [0, 0.05) is 13.2 Å². The van der Waals surface area contributed by atoms with Crippen LogP contribution in [0, 0.1) is 0 Å². The highest BCUT2D eigenvalue weighted by molar-refractivity contribution is 6.10. The van der Waals surface area contributed by atoms with Gasteiger partial charge in [-0.15, -0.1) is 0 Å². The molecule has 1 aliphatic rings. The first kappa shape index (κ1) is 8.53. The third-order valence-electron chi connectivity index (χ3n) is 1.52. The Hall–Kier alpha value is -1.57. The SMILES string of the molecule is C=CN(C)/N=C1/C=CC=CC1=C. The van der Waals surface area contributed by atoms with Crippen LogP contribution in [0.1, 0.15) is 0 Å². The summed E-state index contributed by atoms with van der Waals surface area (Å²) in [5.74, 6) is 0. The molecule has 0 amide bonds. The number of rotatable bonds is 2. The van der Waals surface area contributed by atoms with Crippen LogP contribution in [0.2, 0.25) is 0 Å². The maximum atomic E-state index is 4.23. The van der Waals surface area contributed by atoms with Crippen molar-refractivity contribution in [2.45, 2.75) is 0 Å². The molecule has 2 heteroatoms. The van der Waals surface area contributed by atoms with Crippen LogP contribution in [0.5, 0.6) is 0 Å². The Balaban J connectivity index is 2.81. The molecule has 0 saturated carbocycles. The summed E-state index contributed by atoms with van der Waals surface area (Å²) in [4.78, 5) is 0. The topological polar surface area (TPSA) is 15.6 Å². The van der Waals surface area contributed by atoms with Gasteiger partial charge in [0.1, 0.15) is 0 Å². The molecule has 0 aromatic rings. The van der Waals surface area contributed by atoms with Crippen molar-refractivity contribution in [3.8, 4) is 0 Å². The summed E-state index contributed by atoms with van der Waals surface area (Å²) in [6.45, 7) is 7.45. The second-order valence-electron chi connectivity index (χ2n) is 2.48. The molecule has 0 heterocycles. The number of hydrogen-bond acceptors (Lipinski definition) is 2. The molecule has 0 bridgehead atoms. The molecule has 0 unspecified atom stereocenters. The third-order valence-corrected chi connectivity index (χ3v) is 1.52. The molecule has 0 spiro atoms. The van der Waals surface area contributed by atoms with Gasteiger partial charge >= 0.3 is 0 Å². The maximum absolute atomic E-state index is 4.23. The first-order valence-corrected chi connectivity index (χ1v) is 3.72. The first-order valence-electron chi connectivity index (χ1n) is 3.72. The van der Waals surface area contributed by atoms with Gasteiger partial charge in [0.25, 0.3) is 0 Å². The van der Waals surface area contributed by atoms with Gasteiger partial charge in [0.2, 0.25) is 0 Å². The minimum absolute atomic E-state index is 0.875. The van der Waals surface area contributed by atoms with E-state index in [9.17, 15) is 0 Å². The molecular formula is C10H12N2. The van der Waals surface area contributed by atoms with Crippen LogP contribution in [0.4, 0.5) is 0 Å². The van der Waals surface area contributed by atoms with Gasteiger partial charge < -0.3 is 0 Å². The lowest BCUT2D eigenvalue weighted by atomic mass is 10.1. The fourth-order valence-electron chi connectivity index (χ4n) is 0.819. The fraction of sp³-hybridized carbons (Fsp3) is 0.100. The van der Waals surface area contributed by atoms with E-state index in [1.165, 1.54) is 0 Å². The number of nitrogens with zero attached hydrogens (tertiary/aromatic N) is 2. The minimum atomic E-state index is 0.875. The highest BCUT2D eigenvalue weighted by atomic mass is 15.4. The Morgan fingerprint density at radius 1 is 1.42 bits per heavy atom. The summed E-state index contributed by atoms with van der Waals surface area (Å²) < 4.78 is 0. The van der Waals surface area contributed by atoms with E-state index >= 15 is 0 Å². The molecule has 0 N–H and O–H groups in total. The van der Waals surface area contributed by atoms with Crippen LogP contribution in [-0.4, -0.2) is 17.8 Å². The van der Waals surface area contributed by atoms with Crippen molar-refractivity contribution in [3.63, 3.8) is 0 Å². The van der Waals surface area contributed by atoms with Crippen LogP contribution in [0.25, 0.3) is 0 Å². The zero-order chi connectivity index (χ0) is 8.97. The van der Waals surface area contributed by atoms with E-state index in [1.807, 2.05) is 31.4 Å². The predicted octanol–water partition coefficient (Wildman–Crippen LogP) is 2.10. The predicted molar refractivity (Wildman–Crippen MR) is 52.8 cm³/mol. The third kappa shape index (κ3) is 1.95. The Labute approximate surface area is 72.9 Å². The van der Waals surface area contributed by atoms with Crippen molar-refractivity contribution in [1.29, 1.82) is 0 Å². The summed E-state index contributed by atoms with van der Waals surface area (Å²) in [6, 6.07) is 0. The van der Waals surface area contributed by atoms with Gasteiger partial charge in [0.15, 0.2) is 0 Å². The highest BCUT2D eigenvalue weighted by Gasteiger charge is 2.00. The van der Waals surface area contributed by atoms with E-state index < -0.39 is 0 Å². The van der Waals surface area contributed by atoms with Crippen LogP contribution in [-0.2, 0) is 0 Å². The van der Waals surface area contributed by atoms with Crippen molar-refractivity contribution in [2.24, 2.45) is 5.10 Å². The standard InChI is InChI=1S/C10H12N2/c1-4-12(3)11-10-8-6-5-7-9(10)2/h4-8H,1-2H2,3H3/b11-10-. The first-order chi connectivity index (χ1) is 5.74. The lowest BCUT2D eigenvalue weighted by Crippen LogP contribution is -2.07. The molecule has 1 rings (SSSR count). The van der Waals surface area contributed by atoms with Crippen molar-refractivity contribution < 1.29 is 0 Å². The number of allylic oxidation sites excluding steroid dienone is 5. The van der Waals surface area contributed by atoms with Gasteiger partial charge in [-0.3, -0.25) is 5.01 Å². The average Bonchev–Trinajstić information content (AvgIpc) is 2.09. The lowest BCUT2D eigenvalue weighted by Gasteiger charge is -2.09. The Bertz CT molecular complexity index is 282. The maximum Gasteiger partial charge on any atom is 0.0901 e. The van der Waals surface area contributed by atoms with Gasteiger partial charge in [-0.1, -0.05) is 31.4 Å². The number of hydrazone groups is 1. The summed E-state index contributed by atoms with van der Waals surface area (Å²) in [7, 11) is 1.83. The molecular weight excluding hydrogens is 148 g/mol. The fourth-order valence-corrected chi connectivity index (χ4v) is 0.819. The van der Waals surface area contributed by atoms with Gasteiger partial charge in [-0.05, 0) is 11.6 Å². The van der Waals surface area contributed by atoms with E-state index in [0.717, 1.165) is 11.3 Å². The van der Waals surface area contributed by atoms with E-state index in [1.54, 1.807) is 11.2 Å². The van der Waals surface area contributed by atoms with Crippen molar-refractivity contribution in [3.05, 3.63) is 49.2 Å². The Morgan fingerprint density at radius 2 is 2.08 bits per heavy atom. The Morgan fingerprint density at radius 3 is 2.67 bits per heavy atom. The van der Waals surface area contributed by atoms with E-state index in [2.05, 4.69) is 18.3 Å². The molecule has 0 radical (unpaired) electrons.